The molecule has 144 valence electrons. The molecule has 6 heteroatoms. The van der Waals surface area contributed by atoms with Gasteiger partial charge in [-0.3, -0.25) is 4.79 Å². The lowest BCUT2D eigenvalue weighted by molar-refractivity contribution is -0.132. The second kappa shape index (κ2) is 8.23. The highest BCUT2D eigenvalue weighted by Gasteiger charge is 2.27. The molecular weight excluding hydrogens is 360 g/mol. The molecule has 1 aliphatic rings. The van der Waals surface area contributed by atoms with Crippen molar-refractivity contribution in [2.45, 2.75) is 27.2 Å². The number of amides is 1. The zero-order valence-corrected chi connectivity index (χ0v) is 17.1. The molecule has 3 rings (SSSR count). The van der Waals surface area contributed by atoms with Crippen LogP contribution in [-0.4, -0.2) is 42.7 Å². The van der Waals surface area contributed by atoms with Crippen molar-refractivity contribution in [1.29, 1.82) is 0 Å². The molecule has 1 amide bonds. The Labute approximate surface area is 164 Å². The monoisotopic (exact) mass is 386 g/mol. The Hall–Kier alpha value is -2.18. The number of ether oxygens (including phenoxy) is 2. The van der Waals surface area contributed by atoms with E-state index in [0.717, 1.165) is 22.3 Å². The van der Waals surface area contributed by atoms with Gasteiger partial charge in [-0.25, -0.2) is 4.98 Å². The Morgan fingerprint density at radius 1 is 1.33 bits per heavy atom. The Bertz CT molecular complexity index is 849. The third kappa shape index (κ3) is 4.96. The number of benzene rings is 1. The van der Waals surface area contributed by atoms with E-state index in [-0.39, 0.29) is 17.9 Å². The molecular formula is C21H26N2O3S. The smallest absolute Gasteiger partial charge is 0.274 e. The number of hydrogen-bond donors (Lipinski definition) is 0. The highest BCUT2D eigenvalue weighted by Crippen LogP contribution is 2.34. The summed E-state index contributed by atoms with van der Waals surface area (Å²) in [7, 11) is 1.64. The Kier molecular flexibility index (Phi) is 5.97. The van der Waals surface area contributed by atoms with Gasteiger partial charge in [0.05, 0.1) is 16.8 Å². The highest BCUT2D eigenvalue weighted by atomic mass is 32.1. The molecule has 0 atom stereocenters. The van der Waals surface area contributed by atoms with E-state index in [4.69, 9.17) is 9.47 Å². The first-order valence-electron chi connectivity index (χ1n) is 9.06. The zero-order chi connectivity index (χ0) is 19.4. The van der Waals surface area contributed by atoms with E-state index in [2.05, 4.69) is 37.9 Å². The van der Waals surface area contributed by atoms with Crippen LogP contribution in [0.15, 0.2) is 47.7 Å². The molecule has 0 saturated heterocycles. The van der Waals surface area contributed by atoms with Gasteiger partial charge in [0.15, 0.2) is 6.61 Å². The normalized spacial score (nSPS) is 16.0. The summed E-state index contributed by atoms with van der Waals surface area (Å²) in [6.07, 6.45) is 5.13. The molecule has 0 aliphatic heterocycles. The van der Waals surface area contributed by atoms with Crippen LogP contribution in [0.3, 0.4) is 0 Å². The SMILES string of the molecule is COCCN(C(=O)COc1nc2ccccc2s1)C1=CC(C)=CC(C)(C)C1. The average molecular weight is 387 g/mol. The van der Waals surface area contributed by atoms with Gasteiger partial charge >= 0.3 is 0 Å². The number of rotatable bonds is 7. The minimum Gasteiger partial charge on any atom is -0.460 e. The fraction of sp³-hybridized carbons (Fsp3) is 0.429. The van der Waals surface area contributed by atoms with Gasteiger partial charge in [-0.15, -0.1) is 0 Å². The fourth-order valence-corrected chi connectivity index (χ4v) is 4.20. The summed E-state index contributed by atoms with van der Waals surface area (Å²) < 4.78 is 12.0. The van der Waals surface area contributed by atoms with Gasteiger partial charge in [-0.1, -0.05) is 49.0 Å². The molecule has 1 aromatic carbocycles. The molecule has 0 saturated carbocycles. The van der Waals surface area contributed by atoms with Crippen molar-refractivity contribution in [3.05, 3.63) is 47.7 Å². The number of aromatic nitrogens is 1. The van der Waals surface area contributed by atoms with Gasteiger partial charge < -0.3 is 14.4 Å². The number of fused-ring (bicyclic) bond motifs is 1. The zero-order valence-electron chi connectivity index (χ0n) is 16.3. The van der Waals surface area contributed by atoms with Crippen LogP contribution in [-0.2, 0) is 9.53 Å². The molecule has 1 heterocycles. The number of hydrogen-bond acceptors (Lipinski definition) is 5. The first-order valence-corrected chi connectivity index (χ1v) is 9.87. The molecule has 0 N–H and O–H groups in total. The van der Waals surface area contributed by atoms with E-state index < -0.39 is 0 Å². The van der Waals surface area contributed by atoms with Crippen molar-refractivity contribution in [1.82, 2.24) is 9.88 Å². The average Bonchev–Trinajstić information content (AvgIpc) is 3.01. The number of methoxy groups -OCH3 is 1. The standard InChI is InChI=1S/C21H26N2O3S/c1-15-11-16(13-21(2,3)12-15)23(9-10-25-4)19(24)14-26-20-22-17-7-5-6-8-18(17)27-20/h5-8,11-12H,9-10,13-14H2,1-4H3. The van der Waals surface area contributed by atoms with Gasteiger partial charge in [0.2, 0.25) is 0 Å². The number of para-hydroxylation sites is 1. The van der Waals surface area contributed by atoms with Gasteiger partial charge in [0, 0.05) is 19.4 Å². The molecule has 0 spiro atoms. The van der Waals surface area contributed by atoms with Gasteiger partial charge in [0.25, 0.3) is 11.1 Å². The van der Waals surface area contributed by atoms with Crippen molar-refractivity contribution in [2.24, 2.45) is 5.41 Å². The molecule has 0 unspecified atom stereocenters. The van der Waals surface area contributed by atoms with E-state index in [9.17, 15) is 4.79 Å². The molecule has 5 nitrogen and oxygen atoms in total. The van der Waals surface area contributed by atoms with E-state index in [1.54, 1.807) is 12.0 Å². The first-order chi connectivity index (χ1) is 12.9. The number of allylic oxidation sites excluding steroid dienone is 4. The number of nitrogens with zero attached hydrogens (tertiary/aromatic N) is 2. The van der Waals surface area contributed by atoms with E-state index in [0.29, 0.717) is 18.3 Å². The van der Waals surface area contributed by atoms with E-state index in [1.165, 1.54) is 16.9 Å². The summed E-state index contributed by atoms with van der Waals surface area (Å²) in [4.78, 5) is 19.1. The lowest BCUT2D eigenvalue weighted by Gasteiger charge is -2.33. The molecule has 0 bridgehead atoms. The fourth-order valence-electron chi connectivity index (χ4n) is 3.39. The van der Waals surface area contributed by atoms with Gasteiger partial charge in [-0.2, -0.15) is 0 Å². The Morgan fingerprint density at radius 2 is 2.11 bits per heavy atom. The largest absolute Gasteiger partial charge is 0.460 e. The minimum absolute atomic E-state index is 0.0215. The second-order valence-corrected chi connectivity index (χ2v) is 8.46. The molecule has 0 radical (unpaired) electrons. The van der Waals surface area contributed by atoms with Crippen LogP contribution < -0.4 is 4.74 Å². The summed E-state index contributed by atoms with van der Waals surface area (Å²) in [5.41, 5.74) is 3.09. The molecule has 1 aliphatic carbocycles. The quantitative estimate of drug-likeness (QED) is 0.707. The molecule has 2 aromatic rings. The maximum atomic E-state index is 12.9. The van der Waals surface area contributed by atoms with Crippen molar-refractivity contribution >= 4 is 27.5 Å². The van der Waals surface area contributed by atoms with Crippen LogP contribution in [0, 0.1) is 5.41 Å². The predicted octanol–water partition coefficient (Wildman–Crippen LogP) is 4.41. The molecule has 27 heavy (non-hydrogen) atoms. The number of thiazole rings is 1. The van der Waals surface area contributed by atoms with Crippen LogP contribution in [0.2, 0.25) is 0 Å². The van der Waals surface area contributed by atoms with Crippen LogP contribution in [0.1, 0.15) is 27.2 Å². The number of carbonyl (C=O) groups is 1. The second-order valence-electron chi connectivity index (χ2n) is 7.46. The van der Waals surface area contributed by atoms with E-state index in [1.807, 2.05) is 24.3 Å². The van der Waals surface area contributed by atoms with Crippen LogP contribution in [0.4, 0.5) is 0 Å². The van der Waals surface area contributed by atoms with Crippen LogP contribution in [0.25, 0.3) is 10.2 Å². The third-order valence-corrected chi connectivity index (χ3v) is 5.36. The topological polar surface area (TPSA) is 51.7 Å². The van der Waals surface area contributed by atoms with Crippen molar-refractivity contribution in [2.75, 3.05) is 26.9 Å². The van der Waals surface area contributed by atoms with Crippen molar-refractivity contribution < 1.29 is 14.3 Å². The Balaban J connectivity index is 1.72. The summed E-state index contributed by atoms with van der Waals surface area (Å²) >= 11 is 1.45. The van der Waals surface area contributed by atoms with Crippen molar-refractivity contribution in [3.63, 3.8) is 0 Å². The third-order valence-electron chi connectivity index (χ3n) is 4.41. The summed E-state index contributed by atoms with van der Waals surface area (Å²) in [6.45, 7) is 7.38. The van der Waals surface area contributed by atoms with Gasteiger partial charge in [-0.05, 0) is 37.0 Å². The van der Waals surface area contributed by atoms with Gasteiger partial charge in [0.1, 0.15) is 0 Å². The first kappa shape index (κ1) is 19.6. The lowest BCUT2D eigenvalue weighted by Crippen LogP contribution is -2.38. The van der Waals surface area contributed by atoms with Crippen molar-refractivity contribution in [3.8, 4) is 5.19 Å². The molecule has 1 aromatic heterocycles. The predicted molar refractivity (Wildman–Crippen MR) is 109 cm³/mol. The Morgan fingerprint density at radius 3 is 2.81 bits per heavy atom. The van der Waals surface area contributed by atoms with Crippen LogP contribution in [0.5, 0.6) is 5.19 Å². The maximum Gasteiger partial charge on any atom is 0.274 e. The maximum absolute atomic E-state index is 12.9. The summed E-state index contributed by atoms with van der Waals surface area (Å²) in [6, 6.07) is 7.84. The lowest BCUT2D eigenvalue weighted by atomic mass is 9.81. The summed E-state index contributed by atoms with van der Waals surface area (Å²) in [5, 5.41) is 0.519. The minimum atomic E-state index is -0.0805. The molecule has 0 fully saturated rings. The highest BCUT2D eigenvalue weighted by molar-refractivity contribution is 7.20. The summed E-state index contributed by atoms with van der Waals surface area (Å²) in [5.74, 6) is -0.0805. The van der Waals surface area contributed by atoms with Crippen LogP contribution >= 0.6 is 11.3 Å². The number of carbonyl (C=O) groups excluding carboxylic acids is 1. The van der Waals surface area contributed by atoms with E-state index >= 15 is 0 Å².